The topological polar surface area (TPSA) is 29.1 Å². The number of halogens is 2. The number of hydrogen-bond acceptors (Lipinski definition) is 1. The van der Waals surface area contributed by atoms with Crippen LogP contribution in [0.5, 0.6) is 0 Å². The summed E-state index contributed by atoms with van der Waals surface area (Å²) in [5, 5.41) is 2.95. The first-order valence-electron chi connectivity index (χ1n) is 5.75. The number of carbonyl (C=O) groups excluding carboxylic acids is 1. The van der Waals surface area contributed by atoms with Crippen LogP contribution in [0.4, 0.5) is 0 Å². The SMILES string of the molecule is Cc1ccc(C(=O)NCCCCCI)c(Br)c1. The maximum atomic E-state index is 11.9. The summed E-state index contributed by atoms with van der Waals surface area (Å²) in [6, 6.07) is 5.78. The minimum Gasteiger partial charge on any atom is -0.352 e. The van der Waals surface area contributed by atoms with Gasteiger partial charge in [0.05, 0.1) is 5.56 Å². The highest BCUT2D eigenvalue weighted by molar-refractivity contribution is 14.1. The number of carbonyl (C=O) groups is 1. The third kappa shape index (κ3) is 5.38. The number of rotatable bonds is 6. The Balaban J connectivity index is 2.42. The van der Waals surface area contributed by atoms with E-state index in [9.17, 15) is 4.79 Å². The van der Waals surface area contributed by atoms with Gasteiger partial charge < -0.3 is 5.32 Å². The third-order valence-electron chi connectivity index (χ3n) is 2.47. The number of amides is 1. The second-order valence-electron chi connectivity index (χ2n) is 3.99. The average Bonchev–Trinajstić information content (AvgIpc) is 2.28. The van der Waals surface area contributed by atoms with E-state index < -0.39 is 0 Å². The molecule has 1 N–H and O–H groups in total. The summed E-state index contributed by atoms with van der Waals surface area (Å²) in [4.78, 5) is 11.9. The number of alkyl halides is 1. The van der Waals surface area contributed by atoms with Crippen molar-refractivity contribution in [3.8, 4) is 0 Å². The van der Waals surface area contributed by atoms with E-state index in [0.29, 0.717) is 5.56 Å². The smallest absolute Gasteiger partial charge is 0.252 e. The zero-order valence-corrected chi connectivity index (χ0v) is 13.7. The standard InChI is InChI=1S/C13H17BrINO/c1-10-5-6-11(12(14)9-10)13(17)16-8-4-2-3-7-15/h5-6,9H,2-4,7-8H2,1H3,(H,16,17). The molecule has 0 saturated carbocycles. The first-order chi connectivity index (χ1) is 8.15. The molecule has 0 aliphatic carbocycles. The lowest BCUT2D eigenvalue weighted by molar-refractivity contribution is 0.0952. The van der Waals surface area contributed by atoms with Gasteiger partial charge in [0.25, 0.3) is 5.91 Å². The molecule has 1 amide bonds. The Kier molecular flexibility index (Phi) is 7.11. The van der Waals surface area contributed by atoms with E-state index in [2.05, 4.69) is 43.8 Å². The Morgan fingerprint density at radius 2 is 2.12 bits per heavy atom. The predicted octanol–water partition coefficient (Wildman–Crippen LogP) is 4.09. The molecule has 17 heavy (non-hydrogen) atoms. The van der Waals surface area contributed by atoms with Gasteiger partial charge in [-0.05, 0) is 57.8 Å². The van der Waals surface area contributed by atoms with Gasteiger partial charge in [-0.3, -0.25) is 4.79 Å². The van der Waals surface area contributed by atoms with E-state index in [-0.39, 0.29) is 5.91 Å². The number of benzene rings is 1. The minimum atomic E-state index is 0.00588. The van der Waals surface area contributed by atoms with Crippen LogP contribution in [0.15, 0.2) is 22.7 Å². The van der Waals surface area contributed by atoms with Gasteiger partial charge in [-0.15, -0.1) is 0 Å². The number of hydrogen-bond donors (Lipinski definition) is 1. The Hall–Kier alpha value is -0.100. The second kappa shape index (κ2) is 8.08. The van der Waals surface area contributed by atoms with Crippen molar-refractivity contribution >= 4 is 44.4 Å². The fourth-order valence-electron chi connectivity index (χ4n) is 1.50. The van der Waals surface area contributed by atoms with E-state index in [1.54, 1.807) is 0 Å². The van der Waals surface area contributed by atoms with Crippen LogP contribution in [-0.4, -0.2) is 16.9 Å². The molecule has 0 fully saturated rings. The Bertz CT molecular complexity index is 382. The van der Waals surface area contributed by atoms with Gasteiger partial charge in [-0.25, -0.2) is 0 Å². The molecule has 1 aromatic rings. The van der Waals surface area contributed by atoms with Gasteiger partial charge in [-0.1, -0.05) is 35.1 Å². The molecule has 1 rings (SSSR count). The van der Waals surface area contributed by atoms with Gasteiger partial charge >= 0.3 is 0 Å². The number of aryl methyl sites for hydroxylation is 1. The Morgan fingerprint density at radius 1 is 1.35 bits per heavy atom. The average molecular weight is 410 g/mol. The first-order valence-corrected chi connectivity index (χ1v) is 8.07. The van der Waals surface area contributed by atoms with Crippen molar-refractivity contribution in [2.75, 3.05) is 11.0 Å². The molecule has 0 saturated heterocycles. The fourth-order valence-corrected chi connectivity index (χ4v) is 2.71. The van der Waals surface area contributed by atoms with Gasteiger partial charge in [0.1, 0.15) is 0 Å². The summed E-state index contributed by atoms with van der Waals surface area (Å²) in [5.74, 6) is 0.00588. The molecule has 0 unspecified atom stereocenters. The predicted molar refractivity (Wildman–Crippen MR) is 84.0 cm³/mol. The molecule has 94 valence electrons. The van der Waals surface area contributed by atoms with E-state index in [0.717, 1.165) is 23.0 Å². The van der Waals surface area contributed by atoms with Crippen LogP contribution in [0.25, 0.3) is 0 Å². The lowest BCUT2D eigenvalue weighted by Crippen LogP contribution is -2.24. The summed E-state index contributed by atoms with van der Waals surface area (Å²) in [5.41, 5.74) is 1.86. The van der Waals surface area contributed by atoms with E-state index in [1.807, 2.05) is 25.1 Å². The fraction of sp³-hybridized carbons (Fsp3) is 0.462. The molecule has 2 nitrogen and oxygen atoms in total. The molecule has 4 heteroatoms. The van der Waals surface area contributed by atoms with Gasteiger partial charge in [-0.2, -0.15) is 0 Å². The molecule has 0 atom stereocenters. The highest BCUT2D eigenvalue weighted by Crippen LogP contribution is 2.18. The monoisotopic (exact) mass is 409 g/mol. The number of unbranched alkanes of at least 4 members (excludes halogenated alkanes) is 2. The van der Waals surface area contributed by atoms with Crippen molar-refractivity contribution in [2.45, 2.75) is 26.2 Å². The van der Waals surface area contributed by atoms with Crippen molar-refractivity contribution < 1.29 is 4.79 Å². The van der Waals surface area contributed by atoms with Crippen LogP contribution in [0, 0.1) is 6.92 Å². The summed E-state index contributed by atoms with van der Waals surface area (Å²) < 4.78 is 2.05. The lowest BCUT2D eigenvalue weighted by atomic mass is 10.1. The molecular weight excluding hydrogens is 393 g/mol. The molecule has 0 aromatic heterocycles. The van der Waals surface area contributed by atoms with Crippen molar-refractivity contribution in [3.63, 3.8) is 0 Å². The Morgan fingerprint density at radius 3 is 2.76 bits per heavy atom. The normalized spacial score (nSPS) is 10.3. The summed E-state index contributed by atoms with van der Waals surface area (Å²) >= 11 is 5.80. The summed E-state index contributed by atoms with van der Waals surface area (Å²) in [6.45, 7) is 2.77. The molecule has 0 spiro atoms. The molecule has 0 aliphatic heterocycles. The van der Waals surface area contributed by atoms with Crippen LogP contribution in [0.1, 0.15) is 35.2 Å². The zero-order chi connectivity index (χ0) is 12.7. The van der Waals surface area contributed by atoms with Crippen molar-refractivity contribution in [3.05, 3.63) is 33.8 Å². The van der Waals surface area contributed by atoms with E-state index >= 15 is 0 Å². The van der Waals surface area contributed by atoms with Crippen molar-refractivity contribution in [1.82, 2.24) is 5.32 Å². The third-order valence-corrected chi connectivity index (χ3v) is 3.88. The molecule has 1 aromatic carbocycles. The molecule has 0 aliphatic rings. The lowest BCUT2D eigenvalue weighted by Gasteiger charge is -2.07. The van der Waals surface area contributed by atoms with E-state index in [4.69, 9.17) is 0 Å². The highest BCUT2D eigenvalue weighted by atomic mass is 127. The van der Waals surface area contributed by atoms with Crippen LogP contribution < -0.4 is 5.32 Å². The van der Waals surface area contributed by atoms with E-state index in [1.165, 1.54) is 17.3 Å². The van der Waals surface area contributed by atoms with Crippen molar-refractivity contribution in [2.24, 2.45) is 0 Å². The second-order valence-corrected chi connectivity index (χ2v) is 5.92. The van der Waals surface area contributed by atoms with Crippen LogP contribution in [-0.2, 0) is 0 Å². The van der Waals surface area contributed by atoms with Crippen molar-refractivity contribution in [1.29, 1.82) is 0 Å². The number of nitrogens with one attached hydrogen (secondary N) is 1. The summed E-state index contributed by atoms with van der Waals surface area (Å²) in [6.07, 6.45) is 3.46. The minimum absolute atomic E-state index is 0.00588. The maximum Gasteiger partial charge on any atom is 0.252 e. The molecule has 0 heterocycles. The van der Waals surface area contributed by atoms with Gasteiger partial charge in [0.2, 0.25) is 0 Å². The van der Waals surface area contributed by atoms with Crippen LogP contribution >= 0.6 is 38.5 Å². The van der Waals surface area contributed by atoms with Crippen LogP contribution in [0.3, 0.4) is 0 Å². The highest BCUT2D eigenvalue weighted by Gasteiger charge is 2.08. The Labute approximate surface area is 125 Å². The quantitative estimate of drug-likeness (QED) is 0.428. The maximum absolute atomic E-state index is 11.9. The molecular formula is C13H17BrINO. The summed E-state index contributed by atoms with van der Waals surface area (Å²) in [7, 11) is 0. The largest absolute Gasteiger partial charge is 0.352 e. The zero-order valence-electron chi connectivity index (χ0n) is 9.93. The first kappa shape index (κ1) is 15.0. The molecule has 0 radical (unpaired) electrons. The van der Waals surface area contributed by atoms with Crippen LogP contribution in [0.2, 0.25) is 0 Å². The van der Waals surface area contributed by atoms with Gasteiger partial charge in [0, 0.05) is 11.0 Å². The molecule has 0 bridgehead atoms. The van der Waals surface area contributed by atoms with Gasteiger partial charge in [0.15, 0.2) is 0 Å².